The molecule has 0 aromatic rings. The van der Waals surface area contributed by atoms with E-state index in [2.05, 4.69) is 8.37 Å². The summed E-state index contributed by atoms with van der Waals surface area (Å²) in [4.78, 5) is 0. The maximum atomic E-state index is 11.7. The van der Waals surface area contributed by atoms with E-state index in [0.29, 0.717) is 10.8 Å². The first-order valence-electron chi connectivity index (χ1n) is 5.94. The van der Waals surface area contributed by atoms with Gasteiger partial charge in [0.25, 0.3) is 0 Å². The molecule has 0 fully saturated rings. The van der Waals surface area contributed by atoms with Crippen molar-refractivity contribution >= 4 is 39.9 Å². The lowest BCUT2D eigenvalue weighted by Gasteiger charge is -2.08. The predicted octanol–water partition coefficient (Wildman–Crippen LogP) is -0.754. The molecule has 0 radical (unpaired) electrons. The Hall–Kier alpha value is -1.32. The summed E-state index contributed by atoms with van der Waals surface area (Å²) < 4.78 is 99.3. The summed E-state index contributed by atoms with van der Waals surface area (Å²) in [7, 11) is -17.5. The van der Waals surface area contributed by atoms with Crippen LogP contribution in [0.25, 0.3) is 0 Å². The second-order valence-corrected chi connectivity index (χ2v) is 11.6. The van der Waals surface area contributed by atoms with E-state index in [1.54, 1.807) is 0 Å². The van der Waals surface area contributed by atoms with E-state index >= 15 is 0 Å². The molecule has 134 valence electrons. The van der Waals surface area contributed by atoms with Gasteiger partial charge in [0.15, 0.2) is 8.47 Å². The average molecular weight is 418 g/mol. The molecule has 24 heavy (non-hydrogen) atoms. The number of sulfone groups is 2. The summed E-state index contributed by atoms with van der Waals surface area (Å²) in [6.07, 6.45) is 3.61. The van der Waals surface area contributed by atoms with Gasteiger partial charge in [0.1, 0.15) is 0 Å². The Morgan fingerprint density at radius 1 is 0.708 bits per heavy atom. The van der Waals surface area contributed by atoms with E-state index in [-0.39, 0.29) is 0 Å². The number of rotatable bonds is 7. The molecule has 0 aromatic carbocycles. The minimum absolute atomic E-state index is 0.661. The highest BCUT2D eigenvalue weighted by Crippen LogP contribution is 2.25. The van der Waals surface area contributed by atoms with Crippen molar-refractivity contribution in [3.05, 3.63) is 43.6 Å². The summed E-state index contributed by atoms with van der Waals surface area (Å²) in [6.45, 7) is -1.68. The van der Waals surface area contributed by atoms with Gasteiger partial charge < -0.3 is 0 Å². The standard InChI is InChI=1S/C10H10O10S4/c11-21(12)7-1-3-9(21)23(15,16)19-5-6-20-24(17,18)10-4-2-8-22(10,13)14/h1-4,7-8H,5-6H2. The van der Waals surface area contributed by atoms with Crippen LogP contribution in [0.2, 0.25) is 0 Å². The molecular weight excluding hydrogens is 408 g/mol. The summed E-state index contributed by atoms with van der Waals surface area (Å²) >= 11 is 0. The first-order chi connectivity index (χ1) is 10.9. The van der Waals surface area contributed by atoms with Crippen LogP contribution in [0.15, 0.2) is 43.6 Å². The van der Waals surface area contributed by atoms with Crippen molar-refractivity contribution in [2.75, 3.05) is 13.2 Å². The highest BCUT2D eigenvalue weighted by atomic mass is 32.3. The normalized spacial score (nSPS) is 21.7. The van der Waals surface area contributed by atoms with Crippen molar-refractivity contribution in [2.45, 2.75) is 0 Å². The van der Waals surface area contributed by atoms with Gasteiger partial charge in [0, 0.05) is 10.8 Å². The second kappa shape index (κ2) is 6.20. The maximum Gasteiger partial charge on any atom is 0.308 e. The lowest BCUT2D eigenvalue weighted by Crippen LogP contribution is -2.19. The highest BCUT2D eigenvalue weighted by Gasteiger charge is 2.34. The Morgan fingerprint density at radius 2 is 1.04 bits per heavy atom. The molecule has 10 nitrogen and oxygen atoms in total. The van der Waals surface area contributed by atoms with Crippen molar-refractivity contribution in [2.24, 2.45) is 0 Å². The smallest absolute Gasteiger partial charge is 0.263 e. The number of hydrogen-bond acceptors (Lipinski definition) is 10. The van der Waals surface area contributed by atoms with Gasteiger partial charge in [-0.15, -0.1) is 0 Å². The van der Waals surface area contributed by atoms with Gasteiger partial charge in [-0.3, -0.25) is 8.37 Å². The fourth-order valence-corrected chi connectivity index (χ4v) is 7.19. The van der Waals surface area contributed by atoms with Crippen molar-refractivity contribution < 1.29 is 42.0 Å². The van der Waals surface area contributed by atoms with Crippen molar-refractivity contribution in [1.82, 2.24) is 0 Å². The second-order valence-electron chi connectivity index (χ2n) is 4.27. The molecule has 0 bridgehead atoms. The maximum absolute atomic E-state index is 11.7. The quantitative estimate of drug-likeness (QED) is 0.381. The van der Waals surface area contributed by atoms with E-state index in [1.807, 2.05) is 0 Å². The fourth-order valence-electron chi connectivity index (χ4n) is 1.62. The van der Waals surface area contributed by atoms with Crippen LogP contribution < -0.4 is 0 Å². The minimum atomic E-state index is -4.64. The van der Waals surface area contributed by atoms with E-state index < -0.39 is 61.6 Å². The molecule has 2 aliphatic heterocycles. The molecule has 0 atom stereocenters. The van der Waals surface area contributed by atoms with Crippen molar-refractivity contribution in [3.8, 4) is 0 Å². The Labute approximate surface area is 138 Å². The topological polar surface area (TPSA) is 155 Å². The van der Waals surface area contributed by atoms with Gasteiger partial charge in [-0.1, -0.05) is 0 Å². The summed E-state index contributed by atoms with van der Waals surface area (Å²) in [5.41, 5.74) is 0. The van der Waals surface area contributed by atoms with Gasteiger partial charge in [0.05, 0.1) is 13.2 Å². The molecule has 2 aliphatic rings. The van der Waals surface area contributed by atoms with Gasteiger partial charge in [-0.2, -0.15) is 16.8 Å². The summed E-state index contributed by atoms with van der Waals surface area (Å²) in [5.74, 6) is 0. The van der Waals surface area contributed by atoms with Crippen LogP contribution in [-0.4, -0.2) is 46.9 Å². The molecule has 0 aromatic heterocycles. The Morgan fingerprint density at radius 3 is 1.29 bits per heavy atom. The Balaban J connectivity index is 1.97. The van der Waals surface area contributed by atoms with E-state index in [0.717, 1.165) is 24.3 Å². The van der Waals surface area contributed by atoms with E-state index in [1.165, 1.54) is 0 Å². The van der Waals surface area contributed by atoms with Gasteiger partial charge in [-0.05, 0) is 24.3 Å². The molecule has 0 aliphatic carbocycles. The predicted molar refractivity (Wildman–Crippen MR) is 82.0 cm³/mol. The van der Waals surface area contributed by atoms with E-state index in [9.17, 15) is 33.7 Å². The molecule has 0 saturated carbocycles. The van der Waals surface area contributed by atoms with E-state index in [4.69, 9.17) is 0 Å². The van der Waals surface area contributed by atoms with Gasteiger partial charge in [0.2, 0.25) is 19.7 Å². The number of hydrogen-bond donors (Lipinski definition) is 0. The SMILES string of the molecule is O=S1(=O)C=CC=C1S(=O)(=O)OCCOS(=O)(=O)C1=CC=CS1(=O)=O. The molecule has 0 N–H and O–H groups in total. The third-order valence-corrected chi connectivity index (χ3v) is 9.85. The largest absolute Gasteiger partial charge is 0.308 e. The zero-order chi connectivity index (χ0) is 18.2. The van der Waals surface area contributed by atoms with Crippen LogP contribution in [0, 0.1) is 0 Å². The lowest BCUT2D eigenvalue weighted by atomic mass is 10.6. The third-order valence-electron chi connectivity index (χ3n) is 2.59. The molecule has 2 rings (SSSR count). The van der Waals surface area contributed by atoms with Crippen LogP contribution >= 0.6 is 0 Å². The number of allylic oxidation sites excluding steroid dienone is 4. The first-order valence-corrected chi connectivity index (χ1v) is 11.9. The molecule has 14 heteroatoms. The van der Waals surface area contributed by atoms with Crippen LogP contribution in [0.1, 0.15) is 0 Å². The summed E-state index contributed by atoms with van der Waals surface area (Å²) in [5, 5.41) is 1.32. The summed E-state index contributed by atoms with van der Waals surface area (Å²) in [6, 6.07) is 0. The monoisotopic (exact) mass is 418 g/mol. The lowest BCUT2D eigenvalue weighted by molar-refractivity contribution is 0.229. The molecule has 2 heterocycles. The van der Waals surface area contributed by atoms with Crippen molar-refractivity contribution in [1.29, 1.82) is 0 Å². The molecular formula is C10H10O10S4. The van der Waals surface area contributed by atoms with Gasteiger partial charge in [-0.25, -0.2) is 16.8 Å². The van der Waals surface area contributed by atoms with Crippen LogP contribution in [-0.2, 0) is 48.3 Å². The molecule has 0 spiro atoms. The molecule has 0 unspecified atom stereocenters. The molecule has 0 amide bonds. The zero-order valence-corrected chi connectivity index (χ0v) is 14.9. The average Bonchev–Trinajstić information content (AvgIpc) is 2.97. The highest BCUT2D eigenvalue weighted by molar-refractivity contribution is 8.14. The van der Waals surface area contributed by atoms with Crippen LogP contribution in [0.5, 0.6) is 0 Å². The zero-order valence-electron chi connectivity index (χ0n) is 11.6. The minimum Gasteiger partial charge on any atom is -0.263 e. The third kappa shape index (κ3) is 3.84. The molecule has 0 saturated heterocycles. The Kier molecular flexibility index (Phi) is 4.91. The van der Waals surface area contributed by atoms with Crippen LogP contribution in [0.3, 0.4) is 0 Å². The first kappa shape index (κ1) is 19.0. The fraction of sp³-hybridized carbons (Fsp3) is 0.200. The van der Waals surface area contributed by atoms with Gasteiger partial charge >= 0.3 is 20.2 Å². The van der Waals surface area contributed by atoms with Crippen molar-refractivity contribution in [3.63, 3.8) is 0 Å². The Bertz CT molecular complexity index is 990. The van der Waals surface area contributed by atoms with Crippen LogP contribution in [0.4, 0.5) is 0 Å².